The van der Waals surface area contributed by atoms with Crippen molar-refractivity contribution in [3.63, 3.8) is 0 Å². The van der Waals surface area contributed by atoms with Crippen molar-refractivity contribution < 1.29 is 14.3 Å². The van der Waals surface area contributed by atoms with Gasteiger partial charge in [-0.3, -0.25) is 9.89 Å². The summed E-state index contributed by atoms with van der Waals surface area (Å²) in [6.07, 6.45) is 0. The Balaban J connectivity index is 1.56. The molecule has 4 aromatic rings. The predicted octanol–water partition coefficient (Wildman–Crippen LogP) is 4.90. The number of thiophene rings is 1. The van der Waals surface area contributed by atoms with Crippen molar-refractivity contribution in [2.24, 2.45) is 0 Å². The first-order valence-electron chi connectivity index (χ1n) is 9.89. The lowest BCUT2D eigenvalue weighted by molar-refractivity contribution is 0.0732. The van der Waals surface area contributed by atoms with E-state index in [4.69, 9.17) is 9.47 Å². The van der Waals surface area contributed by atoms with Crippen LogP contribution in [0.25, 0.3) is 11.3 Å². The average Bonchev–Trinajstić information content (AvgIpc) is 3.54. The van der Waals surface area contributed by atoms with Gasteiger partial charge in [-0.15, -0.1) is 11.3 Å². The Hall–Kier alpha value is -3.58. The summed E-state index contributed by atoms with van der Waals surface area (Å²) in [4.78, 5) is 16.4. The summed E-state index contributed by atoms with van der Waals surface area (Å²) in [6, 6.07) is 19.5. The fourth-order valence-corrected chi connectivity index (χ4v) is 4.84. The number of aromatic amines is 1. The minimum atomic E-state index is -0.194. The monoisotopic (exact) mass is 431 g/mol. The summed E-state index contributed by atoms with van der Waals surface area (Å²) in [6.45, 7) is 0.496. The first-order valence-corrected chi connectivity index (χ1v) is 10.8. The molecule has 1 aliphatic rings. The van der Waals surface area contributed by atoms with Gasteiger partial charge < -0.3 is 14.4 Å². The van der Waals surface area contributed by atoms with Gasteiger partial charge in [-0.1, -0.05) is 18.2 Å². The molecule has 0 bridgehead atoms. The first kappa shape index (κ1) is 19.4. The third kappa shape index (κ3) is 3.37. The van der Waals surface area contributed by atoms with E-state index in [-0.39, 0.29) is 11.9 Å². The van der Waals surface area contributed by atoms with E-state index in [1.807, 2.05) is 64.9 Å². The van der Waals surface area contributed by atoms with Crippen molar-refractivity contribution in [3.05, 3.63) is 87.7 Å². The highest BCUT2D eigenvalue weighted by Gasteiger charge is 2.42. The highest BCUT2D eigenvalue weighted by atomic mass is 32.1. The lowest BCUT2D eigenvalue weighted by Gasteiger charge is -2.25. The topological polar surface area (TPSA) is 67.5 Å². The highest BCUT2D eigenvalue weighted by Crippen LogP contribution is 2.44. The largest absolute Gasteiger partial charge is 0.497 e. The number of nitrogens with zero attached hydrogens (tertiary/aromatic N) is 2. The van der Waals surface area contributed by atoms with Crippen LogP contribution in [0.15, 0.2) is 66.0 Å². The second-order valence-electron chi connectivity index (χ2n) is 7.29. The molecule has 156 valence electrons. The number of hydrogen-bond acceptors (Lipinski definition) is 5. The molecule has 7 heteroatoms. The van der Waals surface area contributed by atoms with Crippen LogP contribution >= 0.6 is 11.3 Å². The SMILES string of the molecule is COc1ccc(CN2C(=O)c3[nH]nc(-c4ccc(OC)cc4)c3C2c2cccs2)cc1. The normalized spacial score (nSPS) is 15.2. The van der Waals surface area contributed by atoms with Crippen molar-refractivity contribution in [1.82, 2.24) is 15.1 Å². The first-order chi connectivity index (χ1) is 15.2. The van der Waals surface area contributed by atoms with E-state index in [0.717, 1.165) is 38.8 Å². The van der Waals surface area contributed by atoms with Gasteiger partial charge in [0.2, 0.25) is 0 Å². The van der Waals surface area contributed by atoms with Crippen molar-refractivity contribution in [1.29, 1.82) is 0 Å². The molecule has 0 spiro atoms. The minimum absolute atomic E-state index is 0.0449. The Morgan fingerprint density at radius 1 is 1.00 bits per heavy atom. The fraction of sp³-hybridized carbons (Fsp3) is 0.167. The fourth-order valence-electron chi connectivity index (χ4n) is 4.00. The molecule has 1 amide bonds. The molecule has 0 saturated heterocycles. The summed E-state index contributed by atoms with van der Waals surface area (Å²) in [5.74, 6) is 1.53. The predicted molar refractivity (Wildman–Crippen MR) is 120 cm³/mol. The van der Waals surface area contributed by atoms with Crippen LogP contribution < -0.4 is 9.47 Å². The van der Waals surface area contributed by atoms with Crippen molar-refractivity contribution in [2.45, 2.75) is 12.6 Å². The van der Waals surface area contributed by atoms with Crippen molar-refractivity contribution in [2.75, 3.05) is 14.2 Å². The number of fused-ring (bicyclic) bond motifs is 1. The Bertz CT molecular complexity index is 1200. The third-order valence-corrected chi connectivity index (χ3v) is 6.48. The van der Waals surface area contributed by atoms with Crippen LogP contribution in [0.5, 0.6) is 11.5 Å². The number of ether oxygens (including phenoxy) is 2. The van der Waals surface area contributed by atoms with Crippen LogP contribution in [-0.4, -0.2) is 35.2 Å². The Morgan fingerprint density at radius 3 is 2.29 bits per heavy atom. The quantitative estimate of drug-likeness (QED) is 0.471. The second kappa shape index (κ2) is 7.92. The lowest BCUT2D eigenvalue weighted by atomic mass is 10.0. The van der Waals surface area contributed by atoms with Gasteiger partial charge in [0.15, 0.2) is 0 Å². The van der Waals surface area contributed by atoms with Crippen LogP contribution in [0.4, 0.5) is 0 Å². The van der Waals surface area contributed by atoms with E-state index in [1.165, 1.54) is 0 Å². The lowest BCUT2D eigenvalue weighted by Crippen LogP contribution is -2.28. The van der Waals surface area contributed by atoms with E-state index < -0.39 is 0 Å². The van der Waals surface area contributed by atoms with Crippen molar-refractivity contribution in [3.8, 4) is 22.8 Å². The molecule has 2 aromatic carbocycles. The molecule has 0 aliphatic carbocycles. The highest BCUT2D eigenvalue weighted by molar-refractivity contribution is 7.10. The molecule has 0 saturated carbocycles. The molecule has 1 N–H and O–H groups in total. The zero-order valence-electron chi connectivity index (χ0n) is 17.2. The zero-order chi connectivity index (χ0) is 21.4. The number of carbonyl (C=O) groups is 1. The Kier molecular flexibility index (Phi) is 4.95. The number of carbonyl (C=O) groups excluding carboxylic acids is 1. The van der Waals surface area contributed by atoms with E-state index in [9.17, 15) is 4.79 Å². The number of aromatic nitrogens is 2. The van der Waals surface area contributed by atoms with Crippen LogP contribution in [0.1, 0.15) is 32.5 Å². The van der Waals surface area contributed by atoms with Gasteiger partial charge in [0, 0.05) is 22.5 Å². The third-order valence-electron chi connectivity index (χ3n) is 5.55. The molecule has 1 aliphatic heterocycles. The van der Waals surface area contributed by atoms with Gasteiger partial charge >= 0.3 is 0 Å². The smallest absolute Gasteiger partial charge is 0.273 e. The maximum atomic E-state index is 13.4. The number of methoxy groups -OCH3 is 2. The van der Waals surface area contributed by atoms with Crippen LogP contribution in [0, 0.1) is 0 Å². The van der Waals surface area contributed by atoms with Gasteiger partial charge in [0.25, 0.3) is 5.91 Å². The number of nitrogens with one attached hydrogen (secondary N) is 1. The minimum Gasteiger partial charge on any atom is -0.497 e. The Morgan fingerprint density at radius 2 is 1.68 bits per heavy atom. The molecule has 2 aromatic heterocycles. The van der Waals surface area contributed by atoms with Crippen LogP contribution in [0.3, 0.4) is 0 Å². The summed E-state index contributed by atoms with van der Waals surface area (Å²) < 4.78 is 10.5. The molecule has 5 rings (SSSR count). The molecule has 3 heterocycles. The number of H-pyrrole nitrogens is 1. The van der Waals surface area contributed by atoms with E-state index in [2.05, 4.69) is 16.3 Å². The van der Waals surface area contributed by atoms with Gasteiger partial charge in [-0.05, 0) is 53.4 Å². The summed E-state index contributed by atoms with van der Waals surface area (Å²) >= 11 is 1.64. The summed E-state index contributed by atoms with van der Waals surface area (Å²) in [7, 11) is 3.29. The summed E-state index contributed by atoms with van der Waals surface area (Å²) in [5.41, 5.74) is 4.25. The maximum absolute atomic E-state index is 13.4. The second-order valence-corrected chi connectivity index (χ2v) is 8.27. The molecule has 1 unspecified atom stereocenters. The van der Waals surface area contributed by atoms with Gasteiger partial charge in [-0.2, -0.15) is 5.10 Å². The van der Waals surface area contributed by atoms with Crippen LogP contribution in [-0.2, 0) is 6.54 Å². The Labute approximate surface area is 184 Å². The van der Waals surface area contributed by atoms with Gasteiger partial charge in [0.1, 0.15) is 17.2 Å². The summed E-state index contributed by atoms with van der Waals surface area (Å²) in [5, 5.41) is 9.55. The number of benzene rings is 2. The number of rotatable bonds is 6. The van der Waals surface area contributed by atoms with E-state index >= 15 is 0 Å². The molecule has 1 atom stereocenters. The van der Waals surface area contributed by atoms with Crippen LogP contribution in [0.2, 0.25) is 0 Å². The number of hydrogen-bond donors (Lipinski definition) is 1. The van der Waals surface area contributed by atoms with E-state index in [1.54, 1.807) is 25.6 Å². The molecular weight excluding hydrogens is 410 g/mol. The molecule has 0 radical (unpaired) electrons. The average molecular weight is 432 g/mol. The molecular formula is C24H21N3O3S. The van der Waals surface area contributed by atoms with Crippen molar-refractivity contribution >= 4 is 17.2 Å². The van der Waals surface area contributed by atoms with Gasteiger partial charge in [0.05, 0.1) is 26.0 Å². The standard InChI is InChI=1S/C24H21N3O3S/c1-29-17-9-5-15(6-10-17)14-27-23(19-4-3-13-31-19)20-21(25-26-22(20)24(27)28)16-7-11-18(30-2)12-8-16/h3-13,23H,14H2,1-2H3,(H,25,26). The molecule has 31 heavy (non-hydrogen) atoms. The number of amides is 1. The van der Waals surface area contributed by atoms with E-state index in [0.29, 0.717) is 12.2 Å². The maximum Gasteiger partial charge on any atom is 0.273 e. The molecule has 0 fully saturated rings. The van der Waals surface area contributed by atoms with Gasteiger partial charge in [-0.25, -0.2) is 0 Å². The molecule has 6 nitrogen and oxygen atoms in total. The zero-order valence-corrected chi connectivity index (χ0v) is 18.0.